The van der Waals surface area contributed by atoms with Gasteiger partial charge in [-0.05, 0) is 30.3 Å². The van der Waals surface area contributed by atoms with Crippen molar-refractivity contribution in [2.45, 2.75) is 6.54 Å². The maximum absolute atomic E-state index is 11.8. The number of nitriles is 1. The van der Waals surface area contributed by atoms with Crippen molar-refractivity contribution in [2.24, 2.45) is 0 Å². The first kappa shape index (κ1) is 15.2. The summed E-state index contributed by atoms with van der Waals surface area (Å²) < 4.78 is 6.39. The molecule has 8 heteroatoms. The van der Waals surface area contributed by atoms with Gasteiger partial charge >= 0.3 is 6.03 Å². The number of anilines is 2. The summed E-state index contributed by atoms with van der Waals surface area (Å²) in [6, 6.07) is 10.4. The van der Waals surface area contributed by atoms with Crippen molar-refractivity contribution in [1.29, 1.82) is 5.26 Å². The summed E-state index contributed by atoms with van der Waals surface area (Å²) in [4.78, 5) is 11.8. The van der Waals surface area contributed by atoms with E-state index in [2.05, 4.69) is 15.7 Å². The number of rotatable bonds is 4. The number of urea groups is 1. The molecule has 0 atom stereocenters. The van der Waals surface area contributed by atoms with Crippen LogP contribution in [-0.2, 0) is 6.54 Å². The molecule has 0 radical (unpaired) electrons. The van der Waals surface area contributed by atoms with Crippen LogP contribution in [-0.4, -0.2) is 15.8 Å². The lowest BCUT2D eigenvalue weighted by Gasteiger charge is -2.08. The van der Waals surface area contributed by atoms with Gasteiger partial charge in [0.25, 0.3) is 0 Å². The molecule has 3 rings (SSSR count). The van der Waals surface area contributed by atoms with Crippen LogP contribution in [0, 0.1) is 11.3 Å². The zero-order valence-corrected chi connectivity index (χ0v) is 12.6. The molecule has 0 aliphatic heterocycles. The fraction of sp³-hybridized carbons (Fsp3) is 0.0625. The van der Waals surface area contributed by atoms with Crippen molar-refractivity contribution >= 4 is 17.5 Å². The minimum Gasteiger partial charge on any atom is -0.472 e. The van der Waals surface area contributed by atoms with Crippen LogP contribution in [0.15, 0.2) is 53.5 Å². The Balaban J connectivity index is 1.63. The molecule has 8 nitrogen and oxygen atoms in total. The van der Waals surface area contributed by atoms with Crippen molar-refractivity contribution in [1.82, 2.24) is 15.1 Å². The van der Waals surface area contributed by atoms with Gasteiger partial charge in [0, 0.05) is 17.8 Å². The number of hydrogen-bond donors (Lipinski definition) is 3. The number of benzene rings is 1. The van der Waals surface area contributed by atoms with Crippen LogP contribution in [0.2, 0.25) is 0 Å². The number of nitrogens with zero attached hydrogens (tertiary/aromatic N) is 3. The van der Waals surface area contributed by atoms with E-state index >= 15 is 0 Å². The number of hydrogen-bond acceptors (Lipinski definition) is 5. The molecule has 24 heavy (non-hydrogen) atoms. The number of carbonyl (C=O) groups excluding carboxylic acids is 1. The molecule has 2 heterocycles. The third-order valence-electron chi connectivity index (χ3n) is 3.33. The van der Waals surface area contributed by atoms with Crippen molar-refractivity contribution in [3.63, 3.8) is 0 Å². The quantitative estimate of drug-likeness (QED) is 0.680. The van der Waals surface area contributed by atoms with E-state index < -0.39 is 0 Å². The van der Waals surface area contributed by atoms with Crippen molar-refractivity contribution in [3.8, 4) is 11.8 Å². The molecule has 0 unspecified atom stereocenters. The van der Waals surface area contributed by atoms with Crippen molar-refractivity contribution in [2.75, 3.05) is 11.1 Å². The smallest absolute Gasteiger partial charge is 0.319 e. The maximum Gasteiger partial charge on any atom is 0.319 e. The molecule has 1 aromatic carbocycles. The van der Waals surface area contributed by atoms with E-state index in [1.165, 1.54) is 10.9 Å². The van der Waals surface area contributed by atoms with Crippen LogP contribution in [0.1, 0.15) is 11.1 Å². The maximum atomic E-state index is 11.8. The zero-order valence-electron chi connectivity index (χ0n) is 12.6. The summed E-state index contributed by atoms with van der Waals surface area (Å²) in [7, 11) is 0. The Morgan fingerprint density at radius 2 is 2.12 bits per heavy atom. The van der Waals surface area contributed by atoms with Gasteiger partial charge in [-0.1, -0.05) is 0 Å². The predicted molar refractivity (Wildman–Crippen MR) is 87.3 cm³/mol. The predicted octanol–water partition coefficient (Wildman–Crippen LogP) is 2.24. The topological polar surface area (TPSA) is 122 Å². The molecule has 2 amide bonds. The second-order valence-corrected chi connectivity index (χ2v) is 4.95. The number of nitrogens with one attached hydrogen (secondary N) is 2. The molecule has 3 aromatic rings. The minimum atomic E-state index is -0.325. The van der Waals surface area contributed by atoms with Crippen LogP contribution < -0.4 is 16.4 Å². The van der Waals surface area contributed by atoms with Crippen molar-refractivity contribution < 1.29 is 9.21 Å². The van der Waals surface area contributed by atoms with Gasteiger partial charge in [-0.2, -0.15) is 10.4 Å². The second-order valence-electron chi connectivity index (χ2n) is 4.95. The van der Waals surface area contributed by atoms with Gasteiger partial charge in [-0.15, -0.1) is 0 Å². The van der Waals surface area contributed by atoms with E-state index in [1.54, 1.807) is 42.9 Å². The van der Waals surface area contributed by atoms with Gasteiger partial charge in [0.15, 0.2) is 0 Å². The number of carbonyl (C=O) groups is 1. The highest BCUT2D eigenvalue weighted by molar-refractivity contribution is 5.89. The fourth-order valence-electron chi connectivity index (χ4n) is 2.09. The molecule has 0 saturated carbocycles. The second kappa shape index (κ2) is 6.58. The Hall–Kier alpha value is -3.73. The molecule has 0 fully saturated rings. The Labute approximate surface area is 137 Å². The molecule has 0 spiro atoms. The van der Waals surface area contributed by atoms with Gasteiger partial charge < -0.3 is 20.8 Å². The molecule has 0 saturated heterocycles. The Bertz CT molecular complexity index is 874. The normalized spacial score (nSPS) is 10.1. The summed E-state index contributed by atoms with van der Waals surface area (Å²) in [5.74, 6) is 0.274. The molecular formula is C16H14N6O2. The van der Waals surface area contributed by atoms with E-state index in [9.17, 15) is 4.79 Å². The van der Waals surface area contributed by atoms with E-state index in [4.69, 9.17) is 15.4 Å². The number of aromatic nitrogens is 2. The number of nitrogens with two attached hydrogens (primary N) is 1. The fourth-order valence-corrected chi connectivity index (χ4v) is 2.09. The molecule has 2 aromatic heterocycles. The average molecular weight is 322 g/mol. The standard InChI is InChI=1S/C16H14N6O2/c17-7-12-9-20-22(15(12)18)14-3-1-13(2-4-14)21-16(23)19-8-11-5-6-24-10-11/h1-6,9-10H,8,18H2,(H2,19,21,23). The number of nitrogen functional groups attached to an aromatic ring is 1. The molecular weight excluding hydrogens is 308 g/mol. The minimum absolute atomic E-state index is 0.274. The Kier molecular flexibility index (Phi) is 4.16. The largest absolute Gasteiger partial charge is 0.472 e. The summed E-state index contributed by atoms with van der Waals surface area (Å²) in [6.45, 7) is 0.376. The molecule has 0 aliphatic carbocycles. The third kappa shape index (κ3) is 3.20. The van der Waals surface area contributed by atoms with Crippen LogP contribution in [0.25, 0.3) is 5.69 Å². The molecule has 120 valence electrons. The molecule has 4 N–H and O–H groups in total. The van der Waals surface area contributed by atoms with Gasteiger partial charge in [-0.25, -0.2) is 9.48 Å². The summed E-state index contributed by atoms with van der Waals surface area (Å²) in [6.07, 6.45) is 4.52. The summed E-state index contributed by atoms with van der Waals surface area (Å²) >= 11 is 0. The summed E-state index contributed by atoms with van der Waals surface area (Å²) in [5, 5.41) is 18.4. The average Bonchev–Trinajstić information content (AvgIpc) is 3.23. The van der Waals surface area contributed by atoms with E-state index in [0.717, 1.165) is 5.56 Å². The number of furan rings is 1. The van der Waals surface area contributed by atoms with E-state index in [0.29, 0.717) is 23.5 Å². The van der Waals surface area contributed by atoms with E-state index in [-0.39, 0.29) is 11.8 Å². The van der Waals surface area contributed by atoms with Gasteiger partial charge in [0.05, 0.1) is 24.4 Å². The Morgan fingerprint density at radius 1 is 1.33 bits per heavy atom. The SMILES string of the molecule is N#Cc1cnn(-c2ccc(NC(=O)NCc3ccoc3)cc2)c1N. The summed E-state index contributed by atoms with van der Waals surface area (Å²) in [5.41, 5.74) is 8.35. The highest BCUT2D eigenvalue weighted by atomic mass is 16.3. The van der Waals surface area contributed by atoms with Gasteiger partial charge in [0.2, 0.25) is 0 Å². The molecule has 0 aliphatic rings. The van der Waals surface area contributed by atoms with Crippen LogP contribution in [0.5, 0.6) is 0 Å². The Morgan fingerprint density at radius 3 is 2.75 bits per heavy atom. The van der Waals surface area contributed by atoms with Crippen LogP contribution in [0.3, 0.4) is 0 Å². The van der Waals surface area contributed by atoms with E-state index in [1.807, 2.05) is 6.07 Å². The lowest BCUT2D eigenvalue weighted by atomic mass is 10.2. The van der Waals surface area contributed by atoms with Crippen LogP contribution in [0.4, 0.5) is 16.3 Å². The lowest BCUT2D eigenvalue weighted by molar-refractivity contribution is 0.251. The third-order valence-corrected chi connectivity index (χ3v) is 3.33. The molecule has 0 bridgehead atoms. The first-order chi connectivity index (χ1) is 11.7. The highest BCUT2D eigenvalue weighted by Gasteiger charge is 2.09. The monoisotopic (exact) mass is 322 g/mol. The lowest BCUT2D eigenvalue weighted by Crippen LogP contribution is -2.27. The van der Waals surface area contributed by atoms with Crippen LogP contribution >= 0.6 is 0 Å². The first-order valence-corrected chi connectivity index (χ1v) is 7.07. The van der Waals surface area contributed by atoms with Gasteiger partial charge in [0.1, 0.15) is 17.5 Å². The van der Waals surface area contributed by atoms with Crippen molar-refractivity contribution in [3.05, 3.63) is 60.2 Å². The first-order valence-electron chi connectivity index (χ1n) is 7.07. The highest BCUT2D eigenvalue weighted by Crippen LogP contribution is 2.18. The zero-order chi connectivity index (χ0) is 16.9. The number of amides is 2. The van der Waals surface area contributed by atoms with Gasteiger partial charge in [-0.3, -0.25) is 0 Å².